The lowest BCUT2D eigenvalue weighted by molar-refractivity contribution is 0.193. The lowest BCUT2D eigenvalue weighted by Crippen LogP contribution is -2.07. The van der Waals surface area contributed by atoms with E-state index in [9.17, 15) is 13.9 Å². The van der Waals surface area contributed by atoms with Crippen LogP contribution in [0.2, 0.25) is 0 Å². The van der Waals surface area contributed by atoms with E-state index in [0.29, 0.717) is 5.75 Å². The van der Waals surface area contributed by atoms with Gasteiger partial charge in [-0.1, -0.05) is 6.92 Å². The highest BCUT2D eigenvalue weighted by atomic mass is 79.9. The van der Waals surface area contributed by atoms with Crippen LogP contribution in [0.25, 0.3) is 0 Å². The van der Waals surface area contributed by atoms with Crippen LogP contribution in [0.5, 0.6) is 0 Å². The average molecular weight is 297 g/mol. The maximum atomic E-state index is 13.5. The molecule has 1 aromatic rings. The van der Waals surface area contributed by atoms with E-state index in [4.69, 9.17) is 0 Å². The largest absolute Gasteiger partial charge is 0.387 e. The van der Waals surface area contributed by atoms with Gasteiger partial charge in [0, 0.05) is 5.75 Å². The first-order chi connectivity index (χ1) is 7.07. The van der Waals surface area contributed by atoms with Gasteiger partial charge in [-0.15, -0.1) is 0 Å². The Balaban J connectivity index is 2.96. The monoisotopic (exact) mass is 296 g/mol. The molecule has 1 N–H and O–H groups in total. The van der Waals surface area contributed by atoms with Crippen LogP contribution in [0.15, 0.2) is 16.6 Å². The SMILES string of the molecule is CCSCC(O)c1c(F)ccc(Br)c1F. The Bertz CT molecular complexity index is 346. The van der Waals surface area contributed by atoms with Gasteiger partial charge in [0.2, 0.25) is 0 Å². The molecule has 0 aliphatic heterocycles. The van der Waals surface area contributed by atoms with Gasteiger partial charge in [0.25, 0.3) is 0 Å². The van der Waals surface area contributed by atoms with Crippen LogP contribution in [0.1, 0.15) is 18.6 Å². The Labute approximate surface area is 100 Å². The number of rotatable bonds is 4. The van der Waals surface area contributed by atoms with Gasteiger partial charge in [0.1, 0.15) is 11.6 Å². The van der Waals surface area contributed by atoms with Gasteiger partial charge in [0.05, 0.1) is 16.1 Å². The maximum absolute atomic E-state index is 13.5. The third-order valence-electron chi connectivity index (χ3n) is 1.89. The number of thioether (sulfide) groups is 1. The second kappa shape index (κ2) is 5.82. The minimum absolute atomic E-state index is 0.166. The van der Waals surface area contributed by atoms with Crippen LogP contribution >= 0.6 is 27.7 Å². The summed E-state index contributed by atoms with van der Waals surface area (Å²) in [5.41, 5.74) is -0.259. The van der Waals surface area contributed by atoms with Crippen LogP contribution in [-0.4, -0.2) is 16.6 Å². The summed E-state index contributed by atoms with van der Waals surface area (Å²) in [6.45, 7) is 1.92. The molecular weight excluding hydrogens is 286 g/mol. The minimum atomic E-state index is -1.10. The van der Waals surface area contributed by atoms with Crippen LogP contribution in [0.4, 0.5) is 8.78 Å². The molecule has 0 amide bonds. The average Bonchev–Trinajstić information content (AvgIpc) is 2.21. The van der Waals surface area contributed by atoms with Crippen LogP contribution in [0, 0.1) is 11.6 Å². The zero-order chi connectivity index (χ0) is 11.4. The third-order valence-corrected chi connectivity index (χ3v) is 3.46. The summed E-state index contributed by atoms with van der Waals surface area (Å²) >= 11 is 4.39. The second-order valence-corrected chi connectivity index (χ2v) is 5.11. The molecule has 0 fully saturated rings. The van der Waals surface area contributed by atoms with Gasteiger partial charge in [-0.05, 0) is 33.8 Å². The molecule has 0 heterocycles. The van der Waals surface area contributed by atoms with Gasteiger partial charge in [-0.2, -0.15) is 11.8 Å². The van der Waals surface area contributed by atoms with Crippen molar-refractivity contribution in [1.29, 1.82) is 0 Å². The number of aliphatic hydroxyl groups excluding tert-OH is 1. The van der Waals surface area contributed by atoms with Crippen molar-refractivity contribution in [3.8, 4) is 0 Å². The Kier molecular flexibility index (Phi) is 5.02. The number of hydrogen-bond acceptors (Lipinski definition) is 2. The third kappa shape index (κ3) is 3.16. The summed E-state index contributed by atoms with van der Waals surface area (Å²) < 4.78 is 26.9. The fraction of sp³-hybridized carbons (Fsp3) is 0.400. The molecular formula is C10H11BrF2OS. The fourth-order valence-corrected chi connectivity index (χ4v) is 2.13. The highest BCUT2D eigenvalue weighted by Gasteiger charge is 2.19. The first-order valence-electron chi connectivity index (χ1n) is 4.47. The summed E-state index contributed by atoms with van der Waals surface area (Å²) in [5.74, 6) is -0.339. The highest BCUT2D eigenvalue weighted by Crippen LogP contribution is 2.28. The Morgan fingerprint density at radius 3 is 2.73 bits per heavy atom. The van der Waals surface area contributed by atoms with Crippen molar-refractivity contribution in [2.75, 3.05) is 11.5 Å². The van der Waals surface area contributed by atoms with E-state index in [1.807, 2.05) is 6.92 Å². The van der Waals surface area contributed by atoms with Crippen molar-refractivity contribution in [2.24, 2.45) is 0 Å². The molecule has 1 unspecified atom stereocenters. The van der Waals surface area contributed by atoms with Crippen molar-refractivity contribution in [1.82, 2.24) is 0 Å². The molecule has 1 rings (SSSR count). The number of benzene rings is 1. The standard InChI is InChI=1S/C10H11BrF2OS/c1-2-15-5-8(14)9-7(12)4-3-6(11)10(9)13/h3-4,8,14H,2,5H2,1H3. The summed E-state index contributed by atoms with van der Waals surface area (Å²) in [7, 11) is 0. The van der Waals surface area contributed by atoms with E-state index in [-0.39, 0.29) is 10.0 Å². The summed E-state index contributed by atoms with van der Waals surface area (Å²) in [6.07, 6.45) is -1.10. The van der Waals surface area contributed by atoms with Crippen LogP contribution < -0.4 is 0 Å². The molecule has 0 aliphatic carbocycles. The molecule has 0 bridgehead atoms. The van der Waals surface area contributed by atoms with Crippen molar-refractivity contribution in [3.63, 3.8) is 0 Å². The van der Waals surface area contributed by atoms with Gasteiger partial charge < -0.3 is 5.11 Å². The lowest BCUT2D eigenvalue weighted by atomic mass is 10.1. The van der Waals surface area contributed by atoms with Crippen molar-refractivity contribution < 1.29 is 13.9 Å². The van der Waals surface area contributed by atoms with Crippen molar-refractivity contribution in [3.05, 3.63) is 33.8 Å². The molecule has 5 heteroatoms. The quantitative estimate of drug-likeness (QED) is 0.858. The molecule has 0 aliphatic rings. The smallest absolute Gasteiger partial charge is 0.146 e. The Morgan fingerprint density at radius 2 is 2.13 bits per heavy atom. The van der Waals surface area contributed by atoms with E-state index in [2.05, 4.69) is 15.9 Å². The summed E-state index contributed by atoms with van der Waals surface area (Å²) in [6, 6.07) is 2.43. The minimum Gasteiger partial charge on any atom is -0.387 e. The summed E-state index contributed by atoms with van der Waals surface area (Å²) in [4.78, 5) is 0. The molecule has 0 aromatic heterocycles. The molecule has 1 nitrogen and oxygen atoms in total. The van der Waals surface area contributed by atoms with Gasteiger partial charge >= 0.3 is 0 Å². The fourth-order valence-electron chi connectivity index (χ4n) is 1.16. The molecule has 0 radical (unpaired) electrons. The molecule has 84 valence electrons. The zero-order valence-corrected chi connectivity index (χ0v) is 10.5. The van der Waals surface area contributed by atoms with Gasteiger partial charge in [0.15, 0.2) is 0 Å². The molecule has 0 saturated carbocycles. The first kappa shape index (κ1) is 12.9. The van der Waals surface area contributed by atoms with E-state index < -0.39 is 17.7 Å². The molecule has 1 atom stereocenters. The topological polar surface area (TPSA) is 20.2 Å². The summed E-state index contributed by atoms with van der Waals surface area (Å²) in [5, 5.41) is 9.62. The van der Waals surface area contributed by atoms with Crippen LogP contribution in [0.3, 0.4) is 0 Å². The van der Waals surface area contributed by atoms with Crippen LogP contribution in [-0.2, 0) is 0 Å². The predicted octanol–water partition coefficient (Wildman–Crippen LogP) is 3.51. The van der Waals surface area contributed by atoms with Gasteiger partial charge in [-0.3, -0.25) is 0 Å². The number of hydrogen-bond donors (Lipinski definition) is 1. The van der Waals surface area contributed by atoms with Gasteiger partial charge in [-0.25, -0.2) is 8.78 Å². The lowest BCUT2D eigenvalue weighted by Gasteiger charge is -2.12. The molecule has 1 aromatic carbocycles. The predicted molar refractivity (Wildman–Crippen MR) is 62.0 cm³/mol. The van der Waals surface area contributed by atoms with Crippen molar-refractivity contribution >= 4 is 27.7 Å². The van der Waals surface area contributed by atoms with Crippen molar-refractivity contribution in [2.45, 2.75) is 13.0 Å². The van der Waals surface area contributed by atoms with E-state index in [1.165, 1.54) is 17.8 Å². The number of aliphatic hydroxyl groups is 1. The normalized spacial score (nSPS) is 12.9. The van der Waals surface area contributed by atoms with E-state index in [0.717, 1.165) is 11.8 Å². The van der Waals surface area contributed by atoms with E-state index >= 15 is 0 Å². The Morgan fingerprint density at radius 1 is 1.47 bits per heavy atom. The molecule has 0 spiro atoms. The maximum Gasteiger partial charge on any atom is 0.146 e. The molecule has 0 saturated heterocycles. The van der Waals surface area contributed by atoms with E-state index in [1.54, 1.807) is 0 Å². The first-order valence-corrected chi connectivity index (χ1v) is 6.41. The highest BCUT2D eigenvalue weighted by molar-refractivity contribution is 9.10. The Hall–Kier alpha value is -0.130. The molecule has 15 heavy (non-hydrogen) atoms. The zero-order valence-electron chi connectivity index (χ0n) is 8.14. The second-order valence-electron chi connectivity index (χ2n) is 2.93. The number of halogens is 3.